The highest BCUT2D eigenvalue weighted by Crippen LogP contribution is 2.20. The van der Waals surface area contributed by atoms with E-state index in [-0.39, 0.29) is 10.6 Å². The third kappa shape index (κ3) is 3.43. The second kappa shape index (κ2) is 6.28. The Kier molecular flexibility index (Phi) is 4.64. The van der Waals surface area contributed by atoms with Crippen LogP contribution in [0.2, 0.25) is 0 Å². The summed E-state index contributed by atoms with van der Waals surface area (Å²) in [4.78, 5) is 0.123. The van der Waals surface area contributed by atoms with Gasteiger partial charge in [0.1, 0.15) is 10.7 Å². The number of hydrogen-bond donors (Lipinski definition) is 2. The molecule has 0 unspecified atom stereocenters. The van der Waals surface area contributed by atoms with E-state index in [4.69, 9.17) is 0 Å². The molecular formula is C14H18FN3O2S. The van der Waals surface area contributed by atoms with Gasteiger partial charge in [0, 0.05) is 25.0 Å². The van der Waals surface area contributed by atoms with Crippen molar-refractivity contribution >= 4 is 15.7 Å². The molecule has 2 N–H and O–H groups in total. The minimum atomic E-state index is -3.80. The van der Waals surface area contributed by atoms with Crippen LogP contribution in [0.25, 0.3) is 0 Å². The van der Waals surface area contributed by atoms with Crippen LogP contribution in [0.5, 0.6) is 0 Å². The Balaban J connectivity index is 2.34. The lowest BCUT2D eigenvalue weighted by atomic mass is 10.3. The maximum Gasteiger partial charge on any atom is 0.263 e. The van der Waals surface area contributed by atoms with Gasteiger partial charge in [0.05, 0.1) is 5.69 Å². The summed E-state index contributed by atoms with van der Waals surface area (Å²) in [6, 6.07) is 7.26. The van der Waals surface area contributed by atoms with Crippen molar-refractivity contribution in [1.82, 2.24) is 9.88 Å². The number of halogens is 1. The molecule has 1 aromatic carbocycles. The molecule has 2 rings (SSSR count). The number of benzene rings is 1. The van der Waals surface area contributed by atoms with Crippen molar-refractivity contribution in [2.45, 2.75) is 24.9 Å². The lowest BCUT2D eigenvalue weighted by Crippen LogP contribution is -2.13. The maximum absolute atomic E-state index is 13.6. The van der Waals surface area contributed by atoms with Crippen molar-refractivity contribution in [2.24, 2.45) is 0 Å². The zero-order chi connectivity index (χ0) is 15.5. The van der Waals surface area contributed by atoms with Gasteiger partial charge in [0.25, 0.3) is 10.0 Å². The Morgan fingerprint density at radius 1 is 1.29 bits per heavy atom. The zero-order valence-corrected chi connectivity index (χ0v) is 12.7. The van der Waals surface area contributed by atoms with Crippen LogP contribution >= 0.6 is 0 Å². The number of nitrogens with zero attached hydrogens (tertiary/aromatic N) is 1. The van der Waals surface area contributed by atoms with Gasteiger partial charge in [-0.2, -0.15) is 0 Å². The smallest absolute Gasteiger partial charge is 0.263 e. The molecule has 7 heteroatoms. The minimum absolute atomic E-state index is 0.0584. The summed E-state index contributed by atoms with van der Waals surface area (Å²) in [6.45, 7) is 3.15. The molecule has 0 aliphatic rings. The fourth-order valence-electron chi connectivity index (χ4n) is 2.04. The molecule has 0 aliphatic heterocycles. The number of para-hydroxylation sites is 1. The first-order valence-electron chi connectivity index (χ1n) is 6.59. The highest BCUT2D eigenvalue weighted by atomic mass is 32.2. The average molecular weight is 311 g/mol. The molecule has 0 radical (unpaired) electrons. The Bertz CT molecular complexity index is 726. The van der Waals surface area contributed by atoms with Crippen LogP contribution in [-0.2, 0) is 23.1 Å². The van der Waals surface area contributed by atoms with Gasteiger partial charge in [0.15, 0.2) is 0 Å². The summed E-state index contributed by atoms with van der Waals surface area (Å²) < 4.78 is 42.3. The number of hydrogen-bond acceptors (Lipinski definition) is 3. The fraction of sp³-hybridized carbons (Fsp3) is 0.286. The molecule has 0 atom stereocenters. The van der Waals surface area contributed by atoms with E-state index in [1.165, 1.54) is 18.2 Å². The number of anilines is 1. The number of aromatic nitrogens is 1. The number of aryl methyl sites for hydroxylation is 1. The number of sulfonamides is 1. The van der Waals surface area contributed by atoms with Gasteiger partial charge in [-0.05, 0) is 32.2 Å². The lowest BCUT2D eigenvalue weighted by Gasteiger charge is -2.07. The Hall–Kier alpha value is -1.86. The average Bonchev–Trinajstić information content (AvgIpc) is 2.86. The molecule has 114 valence electrons. The van der Waals surface area contributed by atoms with Gasteiger partial charge < -0.3 is 9.88 Å². The molecule has 0 spiro atoms. The third-order valence-corrected chi connectivity index (χ3v) is 4.42. The van der Waals surface area contributed by atoms with E-state index in [1.807, 2.05) is 11.5 Å². The summed E-state index contributed by atoms with van der Waals surface area (Å²) in [5, 5.41) is 2.99. The van der Waals surface area contributed by atoms with Gasteiger partial charge >= 0.3 is 0 Å². The van der Waals surface area contributed by atoms with Crippen molar-refractivity contribution in [1.29, 1.82) is 0 Å². The maximum atomic E-state index is 13.6. The standard InChI is InChI=1S/C14H18FN3O2S/c1-3-18-10-12(8-11(18)9-16-2)21(19,20)17-14-7-5-4-6-13(14)15/h4-8,10,16-17H,3,9H2,1-2H3. The van der Waals surface area contributed by atoms with Crippen LogP contribution in [-0.4, -0.2) is 20.0 Å². The summed E-state index contributed by atoms with van der Waals surface area (Å²) in [6.07, 6.45) is 1.55. The quantitative estimate of drug-likeness (QED) is 0.859. The van der Waals surface area contributed by atoms with Crippen LogP contribution < -0.4 is 10.0 Å². The zero-order valence-electron chi connectivity index (χ0n) is 11.9. The topological polar surface area (TPSA) is 63.1 Å². The Morgan fingerprint density at radius 2 is 2.00 bits per heavy atom. The van der Waals surface area contributed by atoms with E-state index in [9.17, 15) is 12.8 Å². The van der Waals surface area contributed by atoms with Crippen molar-refractivity contribution < 1.29 is 12.8 Å². The van der Waals surface area contributed by atoms with E-state index in [2.05, 4.69) is 10.0 Å². The summed E-state index contributed by atoms with van der Waals surface area (Å²) in [7, 11) is -2.01. The van der Waals surface area contributed by atoms with Gasteiger partial charge in [-0.1, -0.05) is 12.1 Å². The summed E-state index contributed by atoms with van der Waals surface area (Å²) in [5.74, 6) is -0.605. The van der Waals surface area contributed by atoms with Crippen LogP contribution in [0, 0.1) is 5.82 Å². The molecule has 0 aliphatic carbocycles. The van der Waals surface area contributed by atoms with Crippen molar-refractivity contribution in [3.63, 3.8) is 0 Å². The molecular weight excluding hydrogens is 293 g/mol. The van der Waals surface area contributed by atoms with Gasteiger partial charge in [0.2, 0.25) is 0 Å². The van der Waals surface area contributed by atoms with E-state index in [1.54, 1.807) is 25.4 Å². The SMILES string of the molecule is CCn1cc(S(=O)(=O)Nc2ccccc2F)cc1CNC. The summed E-state index contributed by atoms with van der Waals surface area (Å²) in [5.41, 5.74) is 0.797. The van der Waals surface area contributed by atoms with Gasteiger partial charge in [-0.25, -0.2) is 12.8 Å². The van der Waals surface area contributed by atoms with Gasteiger partial charge in [-0.15, -0.1) is 0 Å². The van der Waals surface area contributed by atoms with E-state index in [0.717, 1.165) is 5.69 Å². The second-order valence-electron chi connectivity index (χ2n) is 4.57. The molecule has 1 heterocycles. The molecule has 0 fully saturated rings. The monoisotopic (exact) mass is 311 g/mol. The van der Waals surface area contributed by atoms with E-state index >= 15 is 0 Å². The largest absolute Gasteiger partial charge is 0.349 e. The molecule has 0 amide bonds. The van der Waals surface area contributed by atoms with Crippen LogP contribution in [0.15, 0.2) is 41.4 Å². The molecule has 0 saturated carbocycles. The molecule has 0 bridgehead atoms. The lowest BCUT2D eigenvalue weighted by molar-refractivity contribution is 0.598. The van der Waals surface area contributed by atoms with E-state index < -0.39 is 15.8 Å². The number of nitrogens with one attached hydrogen (secondary N) is 2. The molecule has 5 nitrogen and oxygen atoms in total. The third-order valence-electron chi connectivity index (χ3n) is 3.09. The fourth-order valence-corrected chi connectivity index (χ4v) is 3.17. The highest BCUT2D eigenvalue weighted by Gasteiger charge is 2.19. The summed E-state index contributed by atoms with van der Waals surface area (Å²) >= 11 is 0. The second-order valence-corrected chi connectivity index (χ2v) is 6.25. The predicted molar refractivity (Wildman–Crippen MR) is 80.1 cm³/mol. The molecule has 0 saturated heterocycles. The minimum Gasteiger partial charge on any atom is -0.349 e. The van der Waals surface area contributed by atoms with Crippen LogP contribution in [0.3, 0.4) is 0 Å². The molecule has 1 aromatic heterocycles. The predicted octanol–water partition coefficient (Wildman–Crippen LogP) is 2.17. The van der Waals surface area contributed by atoms with E-state index in [0.29, 0.717) is 13.1 Å². The van der Waals surface area contributed by atoms with Gasteiger partial charge in [-0.3, -0.25) is 4.72 Å². The van der Waals surface area contributed by atoms with Crippen molar-refractivity contribution in [3.05, 3.63) is 48.0 Å². The Morgan fingerprint density at radius 3 is 2.62 bits per heavy atom. The van der Waals surface area contributed by atoms with Crippen molar-refractivity contribution in [2.75, 3.05) is 11.8 Å². The van der Waals surface area contributed by atoms with Crippen LogP contribution in [0.4, 0.5) is 10.1 Å². The first kappa shape index (κ1) is 15.5. The van der Waals surface area contributed by atoms with Crippen LogP contribution in [0.1, 0.15) is 12.6 Å². The number of rotatable bonds is 6. The molecule has 21 heavy (non-hydrogen) atoms. The Labute approximate surface area is 123 Å². The molecule has 2 aromatic rings. The highest BCUT2D eigenvalue weighted by molar-refractivity contribution is 7.92. The first-order valence-corrected chi connectivity index (χ1v) is 8.07. The first-order chi connectivity index (χ1) is 9.97. The van der Waals surface area contributed by atoms with Crippen molar-refractivity contribution in [3.8, 4) is 0 Å². The normalized spacial score (nSPS) is 11.6.